The molecule has 0 unspecified atom stereocenters. The highest BCUT2D eigenvalue weighted by Gasteiger charge is 2.19. The molecule has 1 N–H and O–H groups in total. The summed E-state index contributed by atoms with van der Waals surface area (Å²) in [5, 5.41) is 3.82. The maximum Gasteiger partial charge on any atom is 0.350 e. The van der Waals surface area contributed by atoms with E-state index in [4.69, 9.17) is 21.1 Å². The maximum atomic E-state index is 12.4. The van der Waals surface area contributed by atoms with Gasteiger partial charge in [-0.3, -0.25) is 4.79 Å². The van der Waals surface area contributed by atoms with Crippen molar-refractivity contribution in [2.24, 2.45) is 0 Å². The largest absolute Gasteiger partial charge is 0.457 e. The van der Waals surface area contributed by atoms with Crippen LogP contribution in [0.25, 0.3) is 10.1 Å². The van der Waals surface area contributed by atoms with Gasteiger partial charge in [-0.05, 0) is 30.3 Å². The van der Waals surface area contributed by atoms with Crippen molar-refractivity contribution in [3.63, 3.8) is 0 Å². The number of hydrogen-bond donors (Lipinski definition) is 1. The molecule has 150 valence electrons. The van der Waals surface area contributed by atoms with Crippen molar-refractivity contribution >= 4 is 50.6 Å². The molecule has 0 spiro atoms. The quantitative estimate of drug-likeness (QED) is 0.368. The molecule has 0 atom stereocenters. The van der Waals surface area contributed by atoms with Crippen LogP contribution >= 0.6 is 22.9 Å². The molecular formula is C23H16ClNO4S. The molecule has 0 aliphatic rings. The van der Waals surface area contributed by atoms with E-state index in [1.54, 1.807) is 24.3 Å². The van der Waals surface area contributed by atoms with E-state index in [0.717, 1.165) is 10.1 Å². The first-order valence-corrected chi connectivity index (χ1v) is 10.3. The monoisotopic (exact) mass is 437 g/mol. The van der Waals surface area contributed by atoms with Crippen molar-refractivity contribution in [1.29, 1.82) is 0 Å². The van der Waals surface area contributed by atoms with Crippen molar-refractivity contribution in [3.05, 3.63) is 88.8 Å². The molecular weight excluding hydrogens is 422 g/mol. The predicted octanol–water partition coefficient (Wildman–Crippen LogP) is 6.14. The molecule has 0 saturated heterocycles. The summed E-state index contributed by atoms with van der Waals surface area (Å²) < 4.78 is 11.8. The number of hydrogen-bond acceptors (Lipinski definition) is 5. The second kappa shape index (κ2) is 8.98. The highest BCUT2D eigenvalue weighted by molar-refractivity contribution is 7.21. The van der Waals surface area contributed by atoms with Gasteiger partial charge in [-0.25, -0.2) is 4.79 Å². The third-order valence-electron chi connectivity index (χ3n) is 4.15. The Bertz CT molecular complexity index is 1210. The maximum absolute atomic E-state index is 12.4. The number of halogens is 1. The molecule has 3 aromatic carbocycles. The van der Waals surface area contributed by atoms with Gasteiger partial charge in [0.15, 0.2) is 6.61 Å². The molecule has 30 heavy (non-hydrogen) atoms. The van der Waals surface area contributed by atoms with Gasteiger partial charge in [-0.1, -0.05) is 54.1 Å². The summed E-state index contributed by atoms with van der Waals surface area (Å²) in [6.07, 6.45) is 0. The number of amides is 1. The van der Waals surface area contributed by atoms with Crippen LogP contribution in [0.5, 0.6) is 11.5 Å². The van der Waals surface area contributed by atoms with Gasteiger partial charge >= 0.3 is 5.97 Å². The summed E-state index contributed by atoms with van der Waals surface area (Å²) in [4.78, 5) is 24.9. The number of nitrogens with one attached hydrogen (secondary N) is 1. The van der Waals surface area contributed by atoms with Crippen LogP contribution in [-0.2, 0) is 9.53 Å². The number of thiophene rings is 1. The van der Waals surface area contributed by atoms with E-state index in [9.17, 15) is 9.59 Å². The lowest BCUT2D eigenvalue weighted by atomic mass is 10.2. The van der Waals surface area contributed by atoms with Crippen LogP contribution in [0.2, 0.25) is 5.02 Å². The van der Waals surface area contributed by atoms with Gasteiger partial charge in [0.25, 0.3) is 5.91 Å². The van der Waals surface area contributed by atoms with Crippen LogP contribution in [-0.4, -0.2) is 18.5 Å². The summed E-state index contributed by atoms with van der Waals surface area (Å²) in [6, 6.07) is 23.7. The Labute approximate surface area is 181 Å². The fourth-order valence-electron chi connectivity index (χ4n) is 2.80. The number of benzene rings is 3. The molecule has 7 heteroatoms. The van der Waals surface area contributed by atoms with Crippen LogP contribution in [0, 0.1) is 0 Å². The van der Waals surface area contributed by atoms with E-state index >= 15 is 0 Å². The standard InChI is InChI=1S/C23H16ClNO4S/c24-21-18-11-4-5-12-19(18)30-22(21)23(27)28-14-20(26)25-15-7-6-10-17(13-15)29-16-8-2-1-3-9-16/h1-13H,14H2,(H,25,26). The van der Waals surface area contributed by atoms with Gasteiger partial charge in [0.2, 0.25) is 0 Å². The van der Waals surface area contributed by atoms with Gasteiger partial charge in [-0.15, -0.1) is 11.3 Å². The number of carbonyl (C=O) groups is 2. The smallest absolute Gasteiger partial charge is 0.350 e. The third kappa shape index (κ3) is 4.62. The van der Waals surface area contributed by atoms with Gasteiger partial charge in [-0.2, -0.15) is 0 Å². The molecule has 0 aliphatic heterocycles. The first kappa shape index (κ1) is 19.9. The van der Waals surface area contributed by atoms with Crippen molar-refractivity contribution in [2.75, 3.05) is 11.9 Å². The number of esters is 1. The third-order valence-corrected chi connectivity index (χ3v) is 5.81. The van der Waals surface area contributed by atoms with E-state index in [1.165, 1.54) is 11.3 Å². The SMILES string of the molecule is O=C(COC(=O)c1sc2ccccc2c1Cl)Nc1cccc(Oc2ccccc2)c1. The van der Waals surface area contributed by atoms with Crippen LogP contribution in [0.1, 0.15) is 9.67 Å². The van der Waals surface area contributed by atoms with E-state index in [2.05, 4.69) is 5.32 Å². The average Bonchev–Trinajstić information content (AvgIpc) is 3.10. The molecule has 1 heterocycles. The number of carbonyl (C=O) groups excluding carboxylic acids is 2. The Morgan fingerprint density at radius 1 is 0.900 bits per heavy atom. The lowest BCUT2D eigenvalue weighted by molar-refractivity contribution is -0.119. The van der Waals surface area contributed by atoms with Crippen LogP contribution in [0.3, 0.4) is 0 Å². The zero-order chi connectivity index (χ0) is 20.9. The lowest BCUT2D eigenvalue weighted by Gasteiger charge is -2.09. The van der Waals surface area contributed by atoms with Gasteiger partial charge < -0.3 is 14.8 Å². The molecule has 4 aromatic rings. The van der Waals surface area contributed by atoms with Crippen molar-refractivity contribution in [1.82, 2.24) is 0 Å². The predicted molar refractivity (Wildman–Crippen MR) is 119 cm³/mol. The second-order valence-electron chi connectivity index (χ2n) is 6.31. The summed E-state index contributed by atoms with van der Waals surface area (Å²) in [6.45, 7) is -0.423. The fourth-order valence-corrected chi connectivity index (χ4v) is 4.20. The van der Waals surface area contributed by atoms with E-state index in [1.807, 2.05) is 54.6 Å². The molecule has 1 aromatic heterocycles. The summed E-state index contributed by atoms with van der Waals surface area (Å²) in [5.74, 6) is 0.179. The molecule has 0 aliphatic carbocycles. The van der Waals surface area contributed by atoms with Crippen molar-refractivity contribution in [2.45, 2.75) is 0 Å². The molecule has 0 fully saturated rings. The van der Waals surface area contributed by atoms with E-state index in [0.29, 0.717) is 22.2 Å². The zero-order valence-electron chi connectivity index (χ0n) is 15.6. The van der Waals surface area contributed by atoms with Crippen LogP contribution in [0.4, 0.5) is 5.69 Å². The highest BCUT2D eigenvalue weighted by atomic mass is 35.5. The number of ether oxygens (including phenoxy) is 2. The molecule has 0 bridgehead atoms. The van der Waals surface area contributed by atoms with E-state index < -0.39 is 18.5 Å². The normalized spacial score (nSPS) is 10.6. The average molecular weight is 438 g/mol. The van der Waals surface area contributed by atoms with Crippen molar-refractivity contribution < 1.29 is 19.1 Å². The van der Waals surface area contributed by atoms with Gasteiger partial charge in [0.05, 0.1) is 5.02 Å². The number of rotatable bonds is 6. The summed E-state index contributed by atoms with van der Waals surface area (Å²) >= 11 is 7.51. The zero-order valence-corrected chi connectivity index (χ0v) is 17.2. The summed E-state index contributed by atoms with van der Waals surface area (Å²) in [5.41, 5.74) is 0.532. The second-order valence-corrected chi connectivity index (χ2v) is 7.74. The molecule has 1 amide bonds. The molecule has 4 rings (SSSR count). The minimum Gasteiger partial charge on any atom is -0.457 e. The lowest BCUT2D eigenvalue weighted by Crippen LogP contribution is -2.20. The number of fused-ring (bicyclic) bond motifs is 1. The minimum absolute atomic E-state index is 0.281. The first-order valence-electron chi connectivity index (χ1n) is 9.07. The minimum atomic E-state index is -0.627. The van der Waals surface area contributed by atoms with E-state index in [-0.39, 0.29) is 4.88 Å². The highest BCUT2D eigenvalue weighted by Crippen LogP contribution is 2.35. The first-order chi connectivity index (χ1) is 14.6. The van der Waals surface area contributed by atoms with Crippen molar-refractivity contribution in [3.8, 4) is 11.5 Å². The van der Waals surface area contributed by atoms with Crippen LogP contribution in [0.15, 0.2) is 78.9 Å². The molecule has 0 radical (unpaired) electrons. The Kier molecular flexibility index (Phi) is 5.97. The number of anilines is 1. The summed E-state index contributed by atoms with van der Waals surface area (Å²) in [7, 11) is 0. The van der Waals surface area contributed by atoms with Crippen LogP contribution < -0.4 is 10.1 Å². The Morgan fingerprint density at radius 2 is 1.63 bits per heavy atom. The van der Waals surface area contributed by atoms with Gasteiger partial charge in [0, 0.05) is 21.8 Å². The molecule has 0 saturated carbocycles. The number of para-hydroxylation sites is 1. The fraction of sp³-hybridized carbons (Fsp3) is 0.0435. The Morgan fingerprint density at radius 3 is 2.43 bits per heavy atom. The Balaban J connectivity index is 1.36. The Hall–Kier alpha value is -3.35. The molecule has 5 nitrogen and oxygen atoms in total. The topological polar surface area (TPSA) is 64.6 Å². The van der Waals surface area contributed by atoms with Gasteiger partial charge in [0.1, 0.15) is 16.4 Å².